The van der Waals surface area contributed by atoms with Crippen molar-refractivity contribution in [3.05, 3.63) is 0 Å². The highest BCUT2D eigenvalue weighted by Gasteiger charge is 2.28. The van der Waals surface area contributed by atoms with E-state index in [0.29, 0.717) is 6.04 Å². The van der Waals surface area contributed by atoms with Gasteiger partial charge in [-0.25, -0.2) is 0 Å². The predicted octanol–water partition coefficient (Wildman–Crippen LogP) is 5.03. The zero-order valence-electron chi connectivity index (χ0n) is 16.0. The smallest absolute Gasteiger partial charge is 0.0645 e. The number of methoxy groups -OCH3 is 1. The molecule has 1 fully saturated rings. The van der Waals surface area contributed by atoms with E-state index in [1.54, 1.807) is 0 Å². The number of nitrogens with zero attached hydrogens (tertiary/aromatic N) is 1. The van der Waals surface area contributed by atoms with Crippen LogP contribution < -0.4 is 0 Å². The van der Waals surface area contributed by atoms with E-state index < -0.39 is 0 Å². The quantitative estimate of drug-likeness (QED) is 0.418. The minimum absolute atomic E-state index is 0.459. The van der Waals surface area contributed by atoms with Crippen molar-refractivity contribution in [3.63, 3.8) is 0 Å². The molecule has 0 bridgehead atoms. The fraction of sp³-hybridized carbons (Fsp3) is 1.00. The number of ether oxygens (including phenoxy) is 2. The number of hydrogen-bond acceptors (Lipinski definition) is 3. The fourth-order valence-corrected chi connectivity index (χ4v) is 3.75. The van der Waals surface area contributed by atoms with Crippen molar-refractivity contribution in [1.82, 2.24) is 4.90 Å². The summed E-state index contributed by atoms with van der Waals surface area (Å²) in [6, 6.07) is 1.19. The maximum absolute atomic E-state index is 5.69. The van der Waals surface area contributed by atoms with Crippen molar-refractivity contribution >= 4 is 0 Å². The number of unbranched alkanes of at least 4 members (excludes halogenated alkanes) is 7. The van der Waals surface area contributed by atoms with E-state index in [1.807, 2.05) is 7.11 Å². The van der Waals surface area contributed by atoms with Crippen LogP contribution in [0, 0.1) is 0 Å². The van der Waals surface area contributed by atoms with Gasteiger partial charge in [0.2, 0.25) is 0 Å². The number of hydrogen-bond donors (Lipinski definition) is 0. The van der Waals surface area contributed by atoms with Gasteiger partial charge in [0.25, 0.3) is 0 Å². The summed E-state index contributed by atoms with van der Waals surface area (Å²) in [4.78, 5) is 2.71. The van der Waals surface area contributed by atoms with Crippen molar-refractivity contribution in [2.24, 2.45) is 0 Å². The first kappa shape index (κ1) is 20.9. The lowest BCUT2D eigenvalue weighted by molar-refractivity contribution is -0.0572. The second-order valence-corrected chi connectivity index (χ2v) is 7.13. The summed E-state index contributed by atoms with van der Waals surface area (Å²) in [5.41, 5.74) is 0. The van der Waals surface area contributed by atoms with Gasteiger partial charge in [0, 0.05) is 19.7 Å². The molecule has 0 radical (unpaired) electrons. The van der Waals surface area contributed by atoms with E-state index in [9.17, 15) is 0 Å². The van der Waals surface area contributed by atoms with E-state index >= 15 is 0 Å². The second-order valence-electron chi connectivity index (χ2n) is 7.13. The Hall–Kier alpha value is -0.120. The third kappa shape index (κ3) is 9.07. The highest BCUT2D eigenvalue weighted by Crippen LogP contribution is 2.22. The Kier molecular flexibility index (Phi) is 13.0. The van der Waals surface area contributed by atoms with Crippen LogP contribution in [0.1, 0.15) is 84.5 Å². The molecule has 3 nitrogen and oxygen atoms in total. The molecule has 0 spiro atoms. The molecule has 138 valence electrons. The van der Waals surface area contributed by atoms with Crippen LogP contribution in [0.5, 0.6) is 0 Å². The van der Waals surface area contributed by atoms with Crippen LogP contribution >= 0.6 is 0 Å². The first-order valence-corrected chi connectivity index (χ1v) is 10.2. The van der Waals surface area contributed by atoms with Crippen LogP contribution in [0.2, 0.25) is 0 Å². The highest BCUT2D eigenvalue weighted by atomic mass is 16.5. The summed E-state index contributed by atoms with van der Waals surface area (Å²) in [6.45, 7) is 8.21. The van der Waals surface area contributed by atoms with Crippen LogP contribution in [-0.2, 0) is 9.47 Å². The third-order valence-corrected chi connectivity index (χ3v) is 5.13. The topological polar surface area (TPSA) is 21.7 Å². The largest absolute Gasteiger partial charge is 0.383 e. The van der Waals surface area contributed by atoms with E-state index in [0.717, 1.165) is 32.4 Å². The van der Waals surface area contributed by atoms with Gasteiger partial charge >= 0.3 is 0 Å². The normalized spacial score (nSPS) is 20.7. The fourth-order valence-electron chi connectivity index (χ4n) is 3.75. The number of morpholine rings is 1. The molecule has 0 saturated carbocycles. The van der Waals surface area contributed by atoms with Crippen LogP contribution in [0.25, 0.3) is 0 Å². The molecular formula is C20H41NO2. The SMILES string of the molecule is CCCCCCCC(CCCCCC)N1CCOCC1COC. The van der Waals surface area contributed by atoms with Gasteiger partial charge in [-0.1, -0.05) is 71.6 Å². The lowest BCUT2D eigenvalue weighted by atomic mass is 9.97. The molecule has 2 atom stereocenters. The monoisotopic (exact) mass is 327 g/mol. The predicted molar refractivity (Wildman–Crippen MR) is 99.1 cm³/mol. The molecule has 1 rings (SSSR count). The molecule has 0 aromatic carbocycles. The molecule has 1 heterocycles. The second kappa shape index (κ2) is 14.2. The van der Waals surface area contributed by atoms with Gasteiger partial charge in [-0.2, -0.15) is 0 Å². The first-order valence-electron chi connectivity index (χ1n) is 10.2. The Labute approximate surface area is 145 Å². The van der Waals surface area contributed by atoms with E-state index in [4.69, 9.17) is 9.47 Å². The molecule has 0 aromatic rings. The highest BCUT2D eigenvalue weighted by molar-refractivity contribution is 4.82. The van der Waals surface area contributed by atoms with Crippen molar-refractivity contribution < 1.29 is 9.47 Å². The maximum atomic E-state index is 5.69. The zero-order chi connectivity index (χ0) is 16.8. The van der Waals surface area contributed by atoms with Crippen LogP contribution in [0.4, 0.5) is 0 Å². The standard InChI is InChI=1S/C20H41NO2/c1-4-6-8-10-12-14-19(13-11-9-7-5-2)21-15-16-23-18-20(21)17-22-3/h19-20H,4-18H2,1-3H3. The van der Waals surface area contributed by atoms with E-state index in [1.165, 1.54) is 70.6 Å². The van der Waals surface area contributed by atoms with Crippen molar-refractivity contribution in [1.29, 1.82) is 0 Å². The first-order chi connectivity index (χ1) is 11.3. The summed E-state index contributed by atoms with van der Waals surface area (Å²) in [5.74, 6) is 0. The lowest BCUT2D eigenvalue weighted by Crippen LogP contribution is -2.52. The summed E-state index contributed by atoms with van der Waals surface area (Å²) in [6.07, 6.45) is 15.1. The van der Waals surface area contributed by atoms with Crippen LogP contribution in [0.3, 0.4) is 0 Å². The Morgan fingerprint density at radius 1 is 0.957 bits per heavy atom. The minimum Gasteiger partial charge on any atom is -0.383 e. The average molecular weight is 328 g/mol. The van der Waals surface area contributed by atoms with Gasteiger partial charge in [-0.15, -0.1) is 0 Å². The van der Waals surface area contributed by atoms with E-state index in [-0.39, 0.29) is 0 Å². The molecule has 1 saturated heterocycles. The summed E-state index contributed by atoms with van der Waals surface area (Å²) in [7, 11) is 1.81. The molecule has 23 heavy (non-hydrogen) atoms. The maximum Gasteiger partial charge on any atom is 0.0645 e. The molecular weight excluding hydrogens is 286 g/mol. The van der Waals surface area contributed by atoms with Crippen LogP contribution in [0.15, 0.2) is 0 Å². The van der Waals surface area contributed by atoms with Crippen molar-refractivity contribution in [2.45, 2.75) is 96.6 Å². The third-order valence-electron chi connectivity index (χ3n) is 5.13. The molecule has 0 aromatic heterocycles. The Morgan fingerprint density at radius 3 is 2.17 bits per heavy atom. The van der Waals surface area contributed by atoms with Gasteiger partial charge in [-0.3, -0.25) is 4.90 Å². The molecule has 1 aliphatic heterocycles. The summed E-state index contributed by atoms with van der Waals surface area (Å²) >= 11 is 0. The van der Waals surface area contributed by atoms with Gasteiger partial charge in [-0.05, 0) is 12.8 Å². The Bertz CT molecular complexity index is 258. The van der Waals surface area contributed by atoms with Crippen LogP contribution in [-0.4, -0.2) is 50.5 Å². The van der Waals surface area contributed by atoms with Crippen molar-refractivity contribution in [3.8, 4) is 0 Å². The molecule has 0 amide bonds. The average Bonchev–Trinajstić information content (AvgIpc) is 2.57. The summed E-state index contributed by atoms with van der Waals surface area (Å²) in [5, 5.41) is 0. The molecule has 2 unspecified atom stereocenters. The molecule has 0 N–H and O–H groups in total. The van der Waals surface area contributed by atoms with Gasteiger partial charge in [0.05, 0.1) is 25.9 Å². The number of rotatable bonds is 14. The molecule has 1 aliphatic rings. The Balaban J connectivity index is 2.45. The molecule has 0 aliphatic carbocycles. The summed E-state index contributed by atoms with van der Waals surface area (Å²) < 4.78 is 11.1. The molecule has 3 heteroatoms. The Morgan fingerprint density at radius 2 is 1.57 bits per heavy atom. The lowest BCUT2D eigenvalue weighted by Gasteiger charge is -2.41. The van der Waals surface area contributed by atoms with Gasteiger partial charge < -0.3 is 9.47 Å². The van der Waals surface area contributed by atoms with Gasteiger partial charge in [0.1, 0.15) is 0 Å². The van der Waals surface area contributed by atoms with Crippen molar-refractivity contribution in [2.75, 3.05) is 33.5 Å². The van der Waals surface area contributed by atoms with E-state index in [2.05, 4.69) is 18.7 Å². The van der Waals surface area contributed by atoms with Gasteiger partial charge in [0.15, 0.2) is 0 Å². The zero-order valence-corrected chi connectivity index (χ0v) is 16.0. The minimum atomic E-state index is 0.459.